The standard InChI is InChI=1S/C16H19N3OS.HI/c1-11-9-21-10-12(11)8-18-16(17)19-14-6-7-20-15-5-3-2-4-13(14)15;/h2-5,9-10,14H,6-8H2,1H3,(H3,17,18,19);1H. The molecule has 6 heteroatoms. The van der Waals surface area contributed by atoms with Crippen LogP contribution in [0.5, 0.6) is 5.75 Å². The lowest BCUT2D eigenvalue weighted by atomic mass is 10.0. The Hall–Kier alpha value is -1.28. The molecule has 2 aromatic rings. The smallest absolute Gasteiger partial charge is 0.189 e. The number of fused-ring (bicyclic) bond motifs is 1. The highest BCUT2D eigenvalue weighted by Gasteiger charge is 2.21. The van der Waals surface area contributed by atoms with E-state index < -0.39 is 0 Å². The van der Waals surface area contributed by atoms with Gasteiger partial charge in [0.2, 0.25) is 0 Å². The molecule has 1 aromatic heterocycles. The number of guanidine groups is 1. The summed E-state index contributed by atoms with van der Waals surface area (Å²) in [5.41, 5.74) is 9.68. The Morgan fingerprint density at radius 1 is 1.41 bits per heavy atom. The zero-order chi connectivity index (χ0) is 14.7. The van der Waals surface area contributed by atoms with Gasteiger partial charge in [0.15, 0.2) is 5.96 Å². The number of nitrogens with two attached hydrogens (primary N) is 1. The van der Waals surface area contributed by atoms with Crippen molar-refractivity contribution in [3.05, 3.63) is 51.7 Å². The molecular weight excluding hydrogens is 409 g/mol. The lowest BCUT2D eigenvalue weighted by Crippen LogP contribution is -2.37. The third kappa shape index (κ3) is 3.92. The second kappa shape index (κ2) is 7.82. The van der Waals surface area contributed by atoms with Crippen molar-refractivity contribution in [3.8, 4) is 5.75 Å². The Kier molecular flexibility index (Phi) is 6.07. The van der Waals surface area contributed by atoms with Crippen LogP contribution in [0.3, 0.4) is 0 Å². The van der Waals surface area contributed by atoms with E-state index >= 15 is 0 Å². The number of ether oxygens (including phenoxy) is 1. The summed E-state index contributed by atoms with van der Waals surface area (Å²) < 4.78 is 5.65. The van der Waals surface area contributed by atoms with E-state index in [0.717, 1.165) is 17.7 Å². The fourth-order valence-electron chi connectivity index (χ4n) is 2.44. The molecule has 1 aliphatic rings. The van der Waals surface area contributed by atoms with Crippen LogP contribution < -0.4 is 15.8 Å². The third-order valence-electron chi connectivity index (χ3n) is 3.66. The highest BCUT2D eigenvalue weighted by molar-refractivity contribution is 14.0. The molecule has 0 bridgehead atoms. The molecule has 0 saturated carbocycles. The van der Waals surface area contributed by atoms with Crippen molar-refractivity contribution in [2.45, 2.75) is 25.9 Å². The first kappa shape index (κ1) is 17.1. The first-order valence-corrected chi connectivity index (χ1v) is 7.98. The minimum Gasteiger partial charge on any atom is -0.493 e. The number of nitrogens with zero attached hydrogens (tertiary/aromatic N) is 1. The molecule has 4 nitrogen and oxygen atoms in total. The topological polar surface area (TPSA) is 59.6 Å². The Labute approximate surface area is 151 Å². The molecule has 1 aliphatic heterocycles. The number of aryl methyl sites for hydroxylation is 1. The largest absolute Gasteiger partial charge is 0.493 e. The van der Waals surface area contributed by atoms with Gasteiger partial charge in [-0.3, -0.25) is 0 Å². The number of benzene rings is 1. The van der Waals surface area contributed by atoms with E-state index in [9.17, 15) is 0 Å². The van der Waals surface area contributed by atoms with Gasteiger partial charge in [-0.25, -0.2) is 4.99 Å². The number of para-hydroxylation sites is 1. The summed E-state index contributed by atoms with van der Waals surface area (Å²) in [6.07, 6.45) is 0.894. The van der Waals surface area contributed by atoms with E-state index in [1.165, 1.54) is 11.1 Å². The molecule has 0 fully saturated rings. The van der Waals surface area contributed by atoms with Gasteiger partial charge in [0.25, 0.3) is 0 Å². The molecule has 1 unspecified atom stereocenters. The SMILES string of the molecule is Cc1cscc1CN=C(N)NC1CCOc2ccccc21.I. The van der Waals surface area contributed by atoms with Crippen LogP contribution in [0.1, 0.15) is 29.2 Å². The van der Waals surface area contributed by atoms with Gasteiger partial charge in [-0.05, 0) is 34.9 Å². The van der Waals surface area contributed by atoms with Crippen molar-refractivity contribution in [2.24, 2.45) is 10.7 Å². The average molecular weight is 429 g/mol. The van der Waals surface area contributed by atoms with Gasteiger partial charge >= 0.3 is 0 Å². The maximum atomic E-state index is 6.03. The third-order valence-corrected chi connectivity index (χ3v) is 4.57. The molecule has 0 amide bonds. The Morgan fingerprint density at radius 2 is 2.23 bits per heavy atom. The van der Waals surface area contributed by atoms with Crippen LogP contribution in [0.25, 0.3) is 0 Å². The quantitative estimate of drug-likeness (QED) is 0.445. The molecular formula is C16H20IN3OS. The lowest BCUT2D eigenvalue weighted by Gasteiger charge is -2.26. The summed E-state index contributed by atoms with van der Waals surface area (Å²) in [6.45, 7) is 3.42. The molecule has 0 spiro atoms. The number of nitrogens with one attached hydrogen (secondary N) is 1. The summed E-state index contributed by atoms with van der Waals surface area (Å²) in [5, 5.41) is 7.56. The highest BCUT2D eigenvalue weighted by atomic mass is 127. The molecule has 1 atom stereocenters. The maximum Gasteiger partial charge on any atom is 0.189 e. The van der Waals surface area contributed by atoms with E-state index in [0.29, 0.717) is 19.1 Å². The van der Waals surface area contributed by atoms with Gasteiger partial charge in [-0.2, -0.15) is 11.3 Å². The van der Waals surface area contributed by atoms with E-state index in [1.807, 2.05) is 18.2 Å². The predicted octanol–water partition coefficient (Wildman–Crippen LogP) is 3.60. The zero-order valence-corrected chi connectivity index (χ0v) is 15.6. The molecule has 0 saturated heterocycles. The summed E-state index contributed by atoms with van der Waals surface area (Å²) in [5.74, 6) is 1.42. The van der Waals surface area contributed by atoms with E-state index in [4.69, 9.17) is 10.5 Å². The summed E-state index contributed by atoms with van der Waals surface area (Å²) in [6, 6.07) is 8.23. The molecule has 3 N–H and O–H groups in total. The van der Waals surface area contributed by atoms with Crippen molar-refractivity contribution in [1.82, 2.24) is 5.32 Å². The maximum absolute atomic E-state index is 6.03. The van der Waals surface area contributed by atoms with E-state index in [2.05, 4.69) is 34.1 Å². The van der Waals surface area contributed by atoms with Gasteiger partial charge in [-0.1, -0.05) is 18.2 Å². The van der Waals surface area contributed by atoms with Crippen LogP contribution in [-0.2, 0) is 6.54 Å². The first-order valence-electron chi connectivity index (χ1n) is 7.04. The minimum absolute atomic E-state index is 0. The van der Waals surface area contributed by atoms with Crippen LogP contribution in [-0.4, -0.2) is 12.6 Å². The second-order valence-corrected chi connectivity index (χ2v) is 5.90. The summed E-state index contributed by atoms with van der Waals surface area (Å²) >= 11 is 1.70. The molecule has 3 rings (SSSR count). The highest BCUT2D eigenvalue weighted by Crippen LogP contribution is 2.31. The number of hydrogen-bond acceptors (Lipinski definition) is 3. The molecule has 2 heterocycles. The molecule has 1 aromatic carbocycles. The van der Waals surface area contributed by atoms with Crippen LogP contribution >= 0.6 is 35.3 Å². The lowest BCUT2D eigenvalue weighted by molar-refractivity contribution is 0.262. The van der Waals surface area contributed by atoms with Gasteiger partial charge in [0.05, 0.1) is 19.2 Å². The molecule has 0 radical (unpaired) electrons. The first-order chi connectivity index (χ1) is 10.2. The van der Waals surface area contributed by atoms with Gasteiger partial charge < -0.3 is 15.8 Å². The number of hydrogen-bond donors (Lipinski definition) is 2. The van der Waals surface area contributed by atoms with Crippen molar-refractivity contribution < 1.29 is 4.74 Å². The zero-order valence-electron chi connectivity index (χ0n) is 12.4. The van der Waals surface area contributed by atoms with Crippen LogP contribution in [0, 0.1) is 6.92 Å². The van der Waals surface area contributed by atoms with Crippen molar-refractivity contribution in [3.63, 3.8) is 0 Å². The van der Waals surface area contributed by atoms with Crippen molar-refractivity contribution in [2.75, 3.05) is 6.61 Å². The number of rotatable bonds is 3. The Morgan fingerprint density at radius 3 is 3.00 bits per heavy atom. The minimum atomic E-state index is 0. The molecule has 22 heavy (non-hydrogen) atoms. The summed E-state index contributed by atoms with van der Waals surface area (Å²) in [4.78, 5) is 4.44. The average Bonchev–Trinajstić information content (AvgIpc) is 2.91. The molecule has 118 valence electrons. The fraction of sp³-hybridized carbons (Fsp3) is 0.312. The van der Waals surface area contributed by atoms with E-state index in [-0.39, 0.29) is 30.0 Å². The second-order valence-electron chi connectivity index (χ2n) is 5.15. The Balaban J connectivity index is 0.00000176. The van der Waals surface area contributed by atoms with Gasteiger partial charge in [0.1, 0.15) is 5.75 Å². The number of halogens is 1. The monoisotopic (exact) mass is 429 g/mol. The van der Waals surface area contributed by atoms with Crippen molar-refractivity contribution >= 4 is 41.3 Å². The van der Waals surface area contributed by atoms with Crippen LogP contribution in [0.15, 0.2) is 40.0 Å². The van der Waals surface area contributed by atoms with Crippen molar-refractivity contribution in [1.29, 1.82) is 0 Å². The normalized spacial score (nSPS) is 17.1. The van der Waals surface area contributed by atoms with E-state index in [1.54, 1.807) is 11.3 Å². The van der Waals surface area contributed by atoms with Gasteiger partial charge in [0, 0.05) is 12.0 Å². The number of thiophene rings is 1. The summed E-state index contributed by atoms with van der Waals surface area (Å²) in [7, 11) is 0. The fourth-order valence-corrected chi connectivity index (χ4v) is 3.28. The predicted molar refractivity (Wildman–Crippen MR) is 102 cm³/mol. The Bertz CT molecular complexity index is 656. The van der Waals surface area contributed by atoms with Crippen LogP contribution in [0.4, 0.5) is 0 Å². The van der Waals surface area contributed by atoms with Crippen LogP contribution in [0.2, 0.25) is 0 Å². The van der Waals surface area contributed by atoms with Gasteiger partial charge in [-0.15, -0.1) is 24.0 Å². The molecule has 0 aliphatic carbocycles. The number of aliphatic imine (C=N–C) groups is 1.